The van der Waals surface area contributed by atoms with Crippen molar-refractivity contribution in [3.63, 3.8) is 0 Å². The zero-order chi connectivity index (χ0) is 20.6. The average molecular weight is 388 g/mol. The lowest BCUT2D eigenvalue weighted by atomic mass is 9.86. The van der Waals surface area contributed by atoms with E-state index in [0.717, 1.165) is 31.1 Å². The largest absolute Gasteiger partial charge is 0.425 e. The summed E-state index contributed by atoms with van der Waals surface area (Å²) in [6.07, 6.45) is -1.52. The second-order valence-corrected chi connectivity index (χ2v) is 7.88. The molecule has 2 rings (SSSR count). The lowest BCUT2D eigenvalue weighted by Crippen LogP contribution is -2.66. The van der Waals surface area contributed by atoms with Gasteiger partial charge in [-0.25, -0.2) is 0 Å². The molecule has 0 saturated heterocycles. The van der Waals surface area contributed by atoms with Crippen molar-refractivity contribution in [2.75, 3.05) is 0 Å². The molecule has 0 aromatic carbocycles. The molecule has 152 valence electrons. The Morgan fingerprint density at radius 1 is 1.22 bits per heavy atom. The van der Waals surface area contributed by atoms with Gasteiger partial charge in [-0.05, 0) is 32.6 Å². The number of alkyl halides is 3. The Bertz CT molecular complexity index is 664. The minimum Gasteiger partial charge on any atom is -0.330 e. The molecule has 1 fully saturated rings. The summed E-state index contributed by atoms with van der Waals surface area (Å²) in [5.41, 5.74) is -3.96. The molecule has 0 radical (unpaired) electrons. The summed E-state index contributed by atoms with van der Waals surface area (Å²) in [5, 5.41) is 1.91. The van der Waals surface area contributed by atoms with Gasteiger partial charge in [0.1, 0.15) is 0 Å². The van der Waals surface area contributed by atoms with E-state index in [2.05, 4.69) is 0 Å². The Hall–Kier alpha value is -1.86. The molecule has 1 atom stereocenters. The van der Waals surface area contributed by atoms with Crippen molar-refractivity contribution in [1.82, 2.24) is 10.2 Å². The number of carbonyl (C=O) groups excluding carboxylic acids is 3. The molecule has 5 nitrogen and oxygen atoms in total. The van der Waals surface area contributed by atoms with E-state index in [1.807, 2.05) is 5.32 Å². The van der Waals surface area contributed by atoms with E-state index in [9.17, 15) is 27.6 Å². The van der Waals surface area contributed by atoms with Crippen LogP contribution >= 0.6 is 0 Å². The predicted octanol–water partition coefficient (Wildman–Crippen LogP) is 3.49. The van der Waals surface area contributed by atoms with Crippen molar-refractivity contribution in [2.24, 2.45) is 5.92 Å². The van der Waals surface area contributed by atoms with Crippen LogP contribution in [0.25, 0.3) is 0 Å². The third-order valence-electron chi connectivity index (χ3n) is 5.28. The van der Waals surface area contributed by atoms with Crippen molar-refractivity contribution < 1.29 is 27.6 Å². The molecule has 8 heteroatoms. The first kappa shape index (κ1) is 21.4. The molecule has 1 heterocycles. The fourth-order valence-electron chi connectivity index (χ4n) is 4.21. The second-order valence-electron chi connectivity index (χ2n) is 7.88. The summed E-state index contributed by atoms with van der Waals surface area (Å²) >= 11 is 0. The van der Waals surface area contributed by atoms with Crippen molar-refractivity contribution in [3.8, 4) is 0 Å². The van der Waals surface area contributed by atoms with Gasteiger partial charge in [0.05, 0.1) is 5.57 Å². The Kier molecular flexibility index (Phi) is 6.06. The lowest BCUT2D eigenvalue weighted by molar-refractivity contribution is -0.195. The van der Waals surface area contributed by atoms with Crippen LogP contribution < -0.4 is 5.32 Å². The number of halogens is 3. The molecule has 1 aliphatic carbocycles. The Balaban J connectivity index is 2.57. The highest BCUT2D eigenvalue weighted by Gasteiger charge is 2.70. The fraction of sp³-hybridized carbons (Fsp3) is 0.737. The molecule has 0 aromatic heterocycles. The summed E-state index contributed by atoms with van der Waals surface area (Å²) in [6, 6.07) is -0.383. The SMILES string of the molecule is CC(=O)C1=C(C)N(C2CCCCC2)C(=O)[C@]1(NC(=O)CC(C)C)C(F)(F)F. The quantitative estimate of drug-likeness (QED) is 0.784. The Morgan fingerprint density at radius 2 is 1.78 bits per heavy atom. The summed E-state index contributed by atoms with van der Waals surface area (Å²) in [6.45, 7) is 5.76. The molecule has 0 unspecified atom stereocenters. The van der Waals surface area contributed by atoms with E-state index < -0.39 is 34.9 Å². The van der Waals surface area contributed by atoms with Crippen LogP contribution in [0.3, 0.4) is 0 Å². The van der Waals surface area contributed by atoms with E-state index >= 15 is 0 Å². The standard InChI is InChI=1S/C19H27F3N2O3/c1-11(2)10-15(26)23-18(19(20,21)22)16(13(4)25)12(3)24(17(18)27)14-8-6-5-7-9-14/h11,14H,5-10H2,1-4H3,(H,23,26)/t18-/m0/s1. The molecule has 0 bridgehead atoms. The Morgan fingerprint density at radius 3 is 2.22 bits per heavy atom. The highest BCUT2D eigenvalue weighted by molar-refractivity contribution is 6.12. The predicted molar refractivity (Wildman–Crippen MR) is 93.5 cm³/mol. The minimum absolute atomic E-state index is 0.00146. The molecule has 2 amide bonds. The van der Waals surface area contributed by atoms with Crippen LogP contribution in [0.4, 0.5) is 13.2 Å². The summed E-state index contributed by atoms with van der Waals surface area (Å²) in [4.78, 5) is 38.7. The minimum atomic E-state index is -5.12. The van der Waals surface area contributed by atoms with Gasteiger partial charge in [0.25, 0.3) is 5.91 Å². The van der Waals surface area contributed by atoms with Crippen molar-refractivity contribution in [2.45, 2.75) is 84.0 Å². The summed E-state index contributed by atoms with van der Waals surface area (Å²) < 4.78 is 42.7. The number of amides is 2. The van der Waals surface area contributed by atoms with E-state index in [-0.39, 0.29) is 24.1 Å². The van der Waals surface area contributed by atoms with Gasteiger partial charge in [-0.3, -0.25) is 14.4 Å². The molecule has 1 N–H and O–H groups in total. The first-order chi connectivity index (χ1) is 12.4. The molecule has 0 spiro atoms. The third-order valence-corrected chi connectivity index (χ3v) is 5.28. The maximum absolute atomic E-state index is 14.2. The van der Waals surface area contributed by atoms with Gasteiger partial charge in [-0.2, -0.15) is 13.2 Å². The van der Waals surface area contributed by atoms with Crippen LogP contribution in [0.2, 0.25) is 0 Å². The number of nitrogens with zero attached hydrogens (tertiary/aromatic N) is 1. The Labute approximate surface area is 157 Å². The fourth-order valence-corrected chi connectivity index (χ4v) is 4.21. The van der Waals surface area contributed by atoms with Crippen LogP contribution in [0.15, 0.2) is 11.3 Å². The first-order valence-electron chi connectivity index (χ1n) is 9.37. The van der Waals surface area contributed by atoms with Crippen molar-refractivity contribution in [3.05, 3.63) is 11.3 Å². The zero-order valence-electron chi connectivity index (χ0n) is 16.2. The normalized spacial score (nSPS) is 24.7. The van der Waals surface area contributed by atoms with E-state index in [0.29, 0.717) is 12.8 Å². The molecule has 0 aromatic rings. The number of hydrogen-bond donors (Lipinski definition) is 1. The van der Waals surface area contributed by atoms with Gasteiger partial charge in [0.15, 0.2) is 5.78 Å². The van der Waals surface area contributed by atoms with Gasteiger partial charge in [-0.15, -0.1) is 0 Å². The molecular weight excluding hydrogens is 361 g/mol. The summed E-state index contributed by atoms with van der Waals surface area (Å²) in [7, 11) is 0. The lowest BCUT2D eigenvalue weighted by Gasteiger charge is -2.36. The van der Waals surface area contributed by atoms with E-state index in [4.69, 9.17) is 0 Å². The van der Waals surface area contributed by atoms with Gasteiger partial charge < -0.3 is 10.2 Å². The maximum Gasteiger partial charge on any atom is 0.425 e. The maximum atomic E-state index is 14.2. The van der Waals surface area contributed by atoms with Crippen LogP contribution in [0.5, 0.6) is 0 Å². The smallest absolute Gasteiger partial charge is 0.330 e. The number of rotatable bonds is 5. The first-order valence-corrected chi connectivity index (χ1v) is 9.37. The van der Waals surface area contributed by atoms with Crippen molar-refractivity contribution in [1.29, 1.82) is 0 Å². The molecule has 1 aliphatic heterocycles. The number of nitrogens with one attached hydrogen (secondary N) is 1. The van der Waals surface area contributed by atoms with Crippen LogP contribution in [-0.4, -0.2) is 40.3 Å². The average Bonchev–Trinajstić information content (AvgIpc) is 2.75. The molecule has 2 aliphatic rings. The van der Waals surface area contributed by atoms with Gasteiger partial charge >= 0.3 is 6.18 Å². The number of carbonyl (C=O) groups is 3. The highest BCUT2D eigenvalue weighted by Crippen LogP contribution is 2.47. The zero-order valence-corrected chi connectivity index (χ0v) is 16.2. The van der Waals surface area contributed by atoms with E-state index in [1.54, 1.807) is 13.8 Å². The molecule has 27 heavy (non-hydrogen) atoms. The molecular formula is C19H27F3N2O3. The van der Waals surface area contributed by atoms with Crippen molar-refractivity contribution >= 4 is 17.6 Å². The van der Waals surface area contributed by atoms with Gasteiger partial charge in [-0.1, -0.05) is 33.1 Å². The van der Waals surface area contributed by atoms with Crippen LogP contribution in [0, 0.1) is 5.92 Å². The van der Waals surface area contributed by atoms with Gasteiger partial charge in [0, 0.05) is 18.2 Å². The monoisotopic (exact) mass is 388 g/mol. The number of hydrogen-bond acceptors (Lipinski definition) is 3. The second kappa shape index (κ2) is 7.64. The van der Waals surface area contributed by atoms with Crippen LogP contribution in [0.1, 0.15) is 66.2 Å². The van der Waals surface area contributed by atoms with Gasteiger partial charge in [0.2, 0.25) is 11.4 Å². The number of ketones is 1. The third kappa shape index (κ3) is 3.75. The molecule has 1 saturated carbocycles. The van der Waals surface area contributed by atoms with E-state index in [1.165, 1.54) is 6.92 Å². The number of allylic oxidation sites excluding steroid dienone is 1. The topological polar surface area (TPSA) is 66.5 Å². The summed E-state index contributed by atoms with van der Waals surface area (Å²) in [5.74, 6) is -3.21. The highest BCUT2D eigenvalue weighted by atomic mass is 19.4. The number of Topliss-reactive ketones (excluding diaryl/α,β-unsaturated/α-hetero) is 1. The van der Waals surface area contributed by atoms with Crippen LogP contribution in [-0.2, 0) is 14.4 Å².